The average molecular weight is 504 g/mol. The number of hydrogen-bond acceptors (Lipinski definition) is 4. The molecule has 0 saturated heterocycles. The molecule has 5 aromatic rings. The fraction of sp³-hybridized carbons (Fsp3) is 0.156. The number of nitrogens with zero attached hydrogens (tertiary/aromatic N) is 3. The molecule has 0 aliphatic rings. The monoisotopic (exact) mass is 503 g/mol. The van der Waals surface area contributed by atoms with Gasteiger partial charge in [0, 0.05) is 41.8 Å². The summed E-state index contributed by atoms with van der Waals surface area (Å²) >= 11 is 0. The molecule has 0 aliphatic heterocycles. The second-order valence-electron chi connectivity index (χ2n) is 9.21. The normalized spacial score (nSPS) is 11.7. The van der Waals surface area contributed by atoms with Crippen LogP contribution in [-0.4, -0.2) is 26.5 Å². The minimum absolute atomic E-state index is 0.293. The number of allylic oxidation sites excluding steroid dienone is 2. The van der Waals surface area contributed by atoms with Gasteiger partial charge >= 0.3 is 0 Å². The highest BCUT2D eigenvalue weighted by molar-refractivity contribution is 5.93. The lowest BCUT2D eigenvalue weighted by Crippen LogP contribution is -2.11. The Morgan fingerprint density at radius 1 is 1.00 bits per heavy atom. The van der Waals surface area contributed by atoms with Gasteiger partial charge in [0.1, 0.15) is 11.6 Å². The van der Waals surface area contributed by atoms with Crippen molar-refractivity contribution in [3.63, 3.8) is 0 Å². The van der Waals surface area contributed by atoms with E-state index in [1.165, 1.54) is 12.1 Å². The lowest BCUT2D eigenvalue weighted by molar-refractivity contribution is 0.628. The molecule has 0 saturated carbocycles. The molecular formula is C32H30FN5. The van der Waals surface area contributed by atoms with Gasteiger partial charge in [-0.2, -0.15) is 0 Å². The topological polar surface area (TPSA) is 66.5 Å². The minimum atomic E-state index is -0.293. The van der Waals surface area contributed by atoms with E-state index in [4.69, 9.17) is 4.98 Å². The minimum Gasteiger partial charge on any atom is -0.337 e. The van der Waals surface area contributed by atoms with E-state index in [-0.39, 0.29) is 5.82 Å². The number of hydrogen-bond donors (Lipinski definition) is 2. The zero-order valence-electron chi connectivity index (χ0n) is 21.6. The van der Waals surface area contributed by atoms with Gasteiger partial charge < -0.3 is 10.3 Å². The standard InChI is InChI=1S/C32H30FN5/c1-4-6-10-27(28-15-23(12-11-21(28)3)25-13-22(16-34-5-2)17-35-18-25)32-37-30-20-36-19-29(31(30)38-32)24-8-7-9-26(33)14-24/h4,7-15,17-20,34H,1,5-6,16H2,2-3H3,(H,37,38)/b27-10+. The van der Waals surface area contributed by atoms with Gasteiger partial charge in [-0.1, -0.05) is 43.3 Å². The van der Waals surface area contributed by atoms with E-state index >= 15 is 0 Å². The molecule has 2 N–H and O–H groups in total. The highest BCUT2D eigenvalue weighted by atomic mass is 19.1. The molecule has 190 valence electrons. The first-order valence-electron chi connectivity index (χ1n) is 12.7. The Hall–Kier alpha value is -4.42. The number of imidazole rings is 1. The first kappa shape index (κ1) is 25.2. The van der Waals surface area contributed by atoms with Crippen LogP contribution in [-0.2, 0) is 6.54 Å². The van der Waals surface area contributed by atoms with Crippen molar-refractivity contribution in [1.29, 1.82) is 0 Å². The summed E-state index contributed by atoms with van der Waals surface area (Å²) in [5.41, 5.74) is 9.52. The molecule has 0 aliphatic carbocycles. The van der Waals surface area contributed by atoms with Gasteiger partial charge in [0.15, 0.2) is 0 Å². The van der Waals surface area contributed by atoms with Gasteiger partial charge in [-0.05, 0) is 72.0 Å². The second-order valence-corrected chi connectivity index (χ2v) is 9.21. The first-order chi connectivity index (χ1) is 18.6. The van der Waals surface area contributed by atoms with Crippen LogP contribution in [0.3, 0.4) is 0 Å². The highest BCUT2D eigenvalue weighted by Gasteiger charge is 2.16. The fourth-order valence-electron chi connectivity index (χ4n) is 4.57. The Labute approximate surface area is 222 Å². The molecule has 2 aromatic carbocycles. The predicted molar refractivity (Wildman–Crippen MR) is 153 cm³/mol. The number of halogens is 1. The predicted octanol–water partition coefficient (Wildman–Crippen LogP) is 7.25. The molecule has 0 fully saturated rings. The third-order valence-electron chi connectivity index (χ3n) is 6.51. The number of nitrogens with one attached hydrogen (secondary N) is 2. The zero-order chi connectivity index (χ0) is 26.5. The Bertz CT molecular complexity index is 1630. The molecule has 3 heterocycles. The van der Waals surface area contributed by atoms with Crippen LogP contribution in [0.25, 0.3) is 38.9 Å². The summed E-state index contributed by atoms with van der Waals surface area (Å²) in [5.74, 6) is 0.435. The van der Waals surface area contributed by atoms with E-state index in [0.29, 0.717) is 6.42 Å². The van der Waals surface area contributed by atoms with Gasteiger partial charge in [0.2, 0.25) is 0 Å². The van der Waals surface area contributed by atoms with Crippen molar-refractivity contribution in [2.24, 2.45) is 0 Å². The number of rotatable bonds is 9. The molecule has 0 bridgehead atoms. The Kier molecular flexibility index (Phi) is 7.52. The number of aryl methyl sites for hydroxylation is 1. The quantitative estimate of drug-likeness (QED) is 0.208. The van der Waals surface area contributed by atoms with Crippen molar-refractivity contribution >= 4 is 16.6 Å². The van der Waals surface area contributed by atoms with Gasteiger partial charge in [-0.3, -0.25) is 9.97 Å². The van der Waals surface area contributed by atoms with Crippen molar-refractivity contribution in [1.82, 2.24) is 25.3 Å². The summed E-state index contributed by atoms with van der Waals surface area (Å²) in [6.07, 6.45) is 12.0. The largest absolute Gasteiger partial charge is 0.337 e. The van der Waals surface area contributed by atoms with Crippen molar-refractivity contribution in [2.45, 2.75) is 26.8 Å². The second kappa shape index (κ2) is 11.3. The molecule has 0 spiro atoms. The van der Waals surface area contributed by atoms with E-state index in [0.717, 1.165) is 74.5 Å². The van der Waals surface area contributed by atoms with E-state index in [1.54, 1.807) is 18.5 Å². The average Bonchev–Trinajstić information content (AvgIpc) is 3.37. The molecule has 0 unspecified atom stereocenters. The van der Waals surface area contributed by atoms with Crippen molar-refractivity contribution < 1.29 is 4.39 Å². The molecule has 6 heteroatoms. The van der Waals surface area contributed by atoms with E-state index in [9.17, 15) is 4.39 Å². The molecule has 38 heavy (non-hydrogen) atoms. The summed E-state index contributed by atoms with van der Waals surface area (Å²) in [4.78, 5) is 17.3. The van der Waals surface area contributed by atoms with E-state index in [2.05, 4.69) is 71.0 Å². The van der Waals surface area contributed by atoms with Crippen molar-refractivity contribution in [2.75, 3.05) is 6.54 Å². The number of aromatic amines is 1. The van der Waals surface area contributed by atoms with Crippen molar-refractivity contribution in [3.05, 3.63) is 120 Å². The van der Waals surface area contributed by atoms with Crippen LogP contribution < -0.4 is 5.32 Å². The maximum absolute atomic E-state index is 14.0. The zero-order valence-corrected chi connectivity index (χ0v) is 21.6. The first-order valence-corrected chi connectivity index (χ1v) is 12.7. The number of aromatic nitrogens is 4. The van der Waals surface area contributed by atoms with Crippen LogP contribution in [0, 0.1) is 12.7 Å². The highest BCUT2D eigenvalue weighted by Crippen LogP contribution is 2.33. The summed E-state index contributed by atoms with van der Waals surface area (Å²) < 4.78 is 14.0. The third-order valence-corrected chi connectivity index (χ3v) is 6.51. The maximum Gasteiger partial charge on any atom is 0.138 e. The summed E-state index contributed by atoms with van der Waals surface area (Å²) in [6, 6.07) is 15.1. The fourth-order valence-corrected chi connectivity index (χ4v) is 4.57. The van der Waals surface area contributed by atoms with Gasteiger partial charge in [0.05, 0.1) is 17.2 Å². The summed E-state index contributed by atoms with van der Waals surface area (Å²) in [7, 11) is 0. The van der Waals surface area contributed by atoms with Crippen molar-refractivity contribution in [3.8, 4) is 22.3 Å². The van der Waals surface area contributed by atoms with Gasteiger partial charge in [-0.15, -0.1) is 6.58 Å². The van der Waals surface area contributed by atoms with Gasteiger partial charge in [-0.25, -0.2) is 9.37 Å². The van der Waals surface area contributed by atoms with Crippen LogP contribution in [0.15, 0.2) is 92.0 Å². The molecular weight excluding hydrogens is 473 g/mol. The van der Waals surface area contributed by atoms with Crippen LogP contribution in [0.1, 0.15) is 35.9 Å². The molecule has 0 radical (unpaired) electrons. The number of pyridine rings is 2. The number of H-pyrrole nitrogens is 1. The summed E-state index contributed by atoms with van der Waals surface area (Å²) in [5, 5.41) is 3.36. The van der Waals surface area contributed by atoms with Crippen LogP contribution in [0.5, 0.6) is 0 Å². The van der Waals surface area contributed by atoms with E-state index in [1.807, 2.05) is 24.5 Å². The van der Waals surface area contributed by atoms with Gasteiger partial charge in [0.25, 0.3) is 0 Å². The molecule has 0 amide bonds. The Balaban J connectivity index is 1.61. The molecule has 5 rings (SSSR count). The molecule has 3 aromatic heterocycles. The van der Waals surface area contributed by atoms with Crippen LogP contribution in [0.4, 0.5) is 4.39 Å². The SMILES string of the molecule is C=CC/C=C(/c1nc2c(-c3cccc(F)c3)cncc2[nH]1)c1cc(-c2cncc(CNCC)c2)ccc1C. The molecule has 5 nitrogen and oxygen atoms in total. The number of benzene rings is 2. The van der Waals surface area contributed by atoms with Crippen LogP contribution >= 0.6 is 0 Å². The maximum atomic E-state index is 14.0. The third kappa shape index (κ3) is 5.31. The Morgan fingerprint density at radius 2 is 1.87 bits per heavy atom. The lowest BCUT2D eigenvalue weighted by Gasteiger charge is -2.12. The Morgan fingerprint density at radius 3 is 2.68 bits per heavy atom. The summed E-state index contributed by atoms with van der Waals surface area (Å²) in [6.45, 7) is 9.79. The van der Waals surface area contributed by atoms with Crippen LogP contribution in [0.2, 0.25) is 0 Å². The molecule has 0 atom stereocenters. The smallest absolute Gasteiger partial charge is 0.138 e. The lowest BCUT2D eigenvalue weighted by atomic mass is 9.94. The van der Waals surface area contributed by atoms with E-state index < -0.39 is 0 Å². The number of fused-ring (bicyclic) bond motifs is 1.